The standard InChI is InChI=1S/C34H51N3O5/c1-8-15-37(16-9-2)34(42)27-19-24(7)18-26(20-27)32(40)36-28(17-22(3)4)30(38)31(39)29(23(5)6)33(41)35-21-25-13-11-10-12-14-25/h10-14,18-20,22-23,28-31,38-39H,8-9,15-17,21H2,1-7H3,(H,35,41)(H,36,40)/t28-,29+,30+,31+/m0/s1. The topological polar surface area (TPSA) is 119 Å². The van der Waals surface area contributed by atoms with Crippen molar-refractivity contribution >= 4 is 17.7 Å². The summed E-state index contributed by atoms with van der Waals surface area (Å²) in [5, 5.41) is 28.4. The van der Waals surface area contributed by atoms with Gasteiger partial charge in [0.2, 0.25) is 5.91 Å². The summed E-state index contributed by atoms with van der Waals surface area (Å²) in [4.78, 5) is 41.7. The molecule has 0 saturated carbocycles. The quantitative estimate of drug-likeness (QED) is 0.229. The maximum Gasteiger partial charge on any atom is 0.253 e. The predicted molar refractivity (Wildman–Crippen MR) is 167 cm³/mol. The minimum absolute atomic E-state index is 0.0906. The van der Waals surface area contributed by atoms with Gasteiger partial charge < -0.3 is 25.7 Å². The van der Waals surface area contributed by atoms with E-state index in [0.29, 0.717) is 37.2 Å². The van der Waals surface area contributed by atoms with E-state index in [1.807, 2.05) is 78.8 Å². The Kier molecular flexibility index (Phi) is 14.2. The van der Waals surface area contributed by atoms with Crippen LogP contribution in [0.5, 0.6) is 0 Å². The van der Waals surface area contributed by atoms with E-state index in [9.17, 15) is 24.6 Å². The summed E-state index contributed by atoms with van der Waals surface area (Å²) < 4.78 is 0. The van der Waals surface area contributed by atoms with Crippen LogP contribution in [0.1, 0.15) is 92.6 Å². The van der Waals surface area contributed by atoms with Crippen molar-refractivity contribution in [3.05, 3.63) is 70.8 Å². The second-order valence-electron chi connectivity index (χ2n) is 12.0. The van der Waals surface area contributed by atoms with Crippen LogP contribution in [0.25, 0.3) is 0 Å². The lowest BCUT2D eigenvalue weighted by molar-refractivity contribution is -0.136. The molecular weight excluding hydrogens is 530 g/mol. The molecule has 0 heterocycles. The number of benzene rings is 2. The van der Waals surface area contributed by atoms with Gasteiger partial charge in [-0.15, -0.1) is 0 Å². The van der Waals surface area contributed by atoms with Crippen LogP contribution < -0.4 is 10.6 Å². The van der Waals surface area contributed by atoms with Gasteiger partial charge in [0.15, 0.2) is 0 Å². The average Bonchev–Trinajstić information content (AvgIpc) is 2.94. The van der Waals surface area contributed by atoms with E-state index in [0.717, 1.165) is 24.0 Å². The molecule has 0 radical (unpaired) electrons. The zero-order chi connectivity index (χ0) is 31.4. The summed E-state index contributed by atoms with van der Waals surface area (Å²) in [7, 11) is 0. The molecule has 2 aromatic carbocycles. The molecule has 0 aliphatic heterocycles. The Labute approximate surface area is 251 Å². The van der Waals surface area contributed by atoms with Crippen LogP contribution in [0.3, 0.4) is 0 Å². The highest BCUT2D eigenvalue weighted by atomic mass is 16.3. The molecule has 0 bridgehead atoms. The van der Waals surface area contributed by atoms with E-state index >= 15 is 0 Å². The number of nitrogens with one attached hydrogen (secondary N) is 2. The summed E-state index contributed by atoms with van der Waals surface area (Å²) in [6, 6.07) is 13.7. The molecule has 2 rings (SSSR count). The average molecular weight is 582 g/mol. The third-order valence-electron chi connectivity index (χ3n) is 7.36. The van der Waals surface area contributed by atoms with Gasteiger partial charge in [-0.25, -0.2) is 0 Å². The molecule has 8 nitrogen and oxygen atoms in total. The Bertz CT molecular complexity index is 1150. The highest BCUT2D eigenvalue weighted by Crippen LogP contribution is 2.23. The molecule has 232 valence electrons. The zero-order valence-electron chi connectivity index (χ0n) is 26.4. The minimum atomic E-state index is -1.41. The van der Waals surface area contributed by atoms with Crippen molar-refractivity contribution in [2.24, 2.45) is 17.8 Å². The molecule has 0 aromatic heterocycles. The molecule has 0 unspecified atom stereocenters. The Hall–Kier alpha value is -3.23. The Morgan fingerprint density at radius 3 is 2.00 bits per heavy atom. The lowest BCUT2D eigenvalue weighted by Crippen LogP contribution is -2.54. The molecule has 3 amide bonds. The van der Waals surface area contributed by atoms with Crippen LogP contribution in [0, 0.1) is 24.7 Å². The van der Waals surface area contributed by atoms with E-state index in [4.69, 9.17) is 0 Å². The van der Waals surface area contributed by atoms with Gasteiger partial charge in [-0.1, -0.05) is 71.9 Å². The fourth-order valence-electron chi connectivity index (χ4n) is 5.32. The highest BCUT2D eigenvalue weighted by Gasteiger charge is 2.38. The monoisotopic (exact) mass is 581 g/mol. The first-order chi connectivity index (χ1) is 19.9. The van der Waals surface area contributed by atoms with Gasteiger partial charge in [0.1, 0.15) is 6.10 Å². The first kappa shape index (κ1) is 35.0. The van der Waals surface area contributed by atoms with Crippen LogP contribution in [-0.4, -0.2) is 64.2 Å². The Morgan fingerprint density at radius 1 is 0.857 bits per heavy atom. The Morgan fingerprint density at radius 2 is 1.45 bits per heavy atom. The van der Waals surface area contributed by atoms with E-state index in [2.05, 4.69) is 10.6 Å². The van der Waals surface area contributed by atoms with Gasteiger partial charge in [0.05, 0.1) is 18.1 Å². The molecular formula is C34H51N3O5. The van der Waals surface area contributed by atoms with E-state index in [1.165, 1.54) is 0 Å². The predicted octanol–water partition coefficient (Wildman–Crippen LogP) is 4.71. The normalized spacial score (nSPS) is 14.3. The fraction of sp³-hybridized carbons (Fsp3) is 0.559. The molecule has 0 spiro atoms. The molecule has 0 saturated heterocycles. The molecule has 2 aromatic rings. The SMILES string of the molecule is CCCN(CCC)C(=O)c1cc(C)cc(C(=O)N[C@@H](CC(C)C)[C@@H](O)[C@H](O)[C@H](C(=O)NCc2ccccc2)C(C)C)c1. The molecule has 0 fully saturated rings. The number of nitrogens with zero attached hydrogens (tertiary/aromatic N) is 1. The lowest BCUT2D eigenvalue weighted by atomic mass is 9.83. The van der Waals surface area contributed by atoms with E-state index in [1.54, 1.807) is 23.1 Å². The second-order valence-corrected chi connectivity index (χ2v) is 12.0. The first-order valence-electron chi connectivity index (χ1n) is 15.3. The summed E-state index contributed by atoms with van der Waals surface area (Å²) in [5.41, 5.74) is 2.45. The van der Waals surface area contributed by atoms with Crippen molar-refractivity contribution in [1.82, 2.24) is 15.5 Å². The van der Waals surface area contributed by atoms with Crippen LogP contribution in [0.15, 0.2) is 48.5 Å². The number of aliphatic hydroxyl groups is 2. The van der Waals surface area contributed by atoms with Crippen LogP contribution in [-0.2, 0) is 11.3 Å². The van der Waals surface area contributed by atoms with Crippen molar-refractivity contribution in [3.8, 4) is 0 Å². The summed E-state index contributed by atoms with van der Waals surface area (Å²) in [5.74, 6) is -1.99. The van der Waals surface area contributed by atoms with Crippen molar-refractivity contribution in [3.63, 3.8) is 0 Å². The van der Waals surface area contributed by atoms with Gasteiger partial charge in [-0.3, -0.25) is 14.4 Å². The zero-order valence-corrected chi connectivity index (χ0v) is 26.4. The molecule has 0 aliphatic rings. The number of rotatable bonds is 16. The van der Waals surface area contributed by atoms with Gasteiger partial charge in [0.25, 0.3) is 11.8 Å². The van der Waals surface area contributed by atoms with Gasteiger partial charge >= 0.3 is 0 Å². The van der Waals surface area contributed by atoms with E-state index in [-0.39, 0.29) is 23.7 Å². The first-order valence-corrected chi connectivity index (χ1v) is 15.3. The van der Waals surface area contributed by atoms with Crippen molar-refractivity contribution < 1.29 is 24.6 Å². The highest BCUT2D eigenvalue weighted by molar-refractivity contribution is 6.00. The van der Waals surface area contributed by atoms with Gasteiger partial charge in [0, 0.05) is 30.8 Å². The third kappa shape index (κ3) is 10.2. The minimum Gasteiger partial charge on any atom is -0.390 e. The summed E-state index contributed by atoms with van der Waals surface area (Å²) in [6.07, 6.45) is -0.732. The number of hydrogen-bond donors (Lipinski definition) is 4. The number of aliphatic hydroxyl groups excluding tert-OH is 2. The Balaban J connectivity index is 2.26. The maximum atomic E-state index is 13.5. The molecule has 42 heavy (non-hydrogen) atoms. The third-order valence-corrected chi connectivity index (χ3v) is 7.36. The van der Waals surface area contributed by atoms with Gasteiger partial charge in [-0.2, -0.15) is 0 Å². The number of amides is 3. The van der Waals surface area contributed by atoms with Crippen molar-refractivity contribution in [2.75, 3.05) is 13.1 Å². The largest absolute Gasteiger partial charge is 0.390 e. The smallest absolute Gasteiger partial charge is 0.253 e. The number of hydrogen-bond acceptors (Lipinski definition) is 5. The van der Waals surface area contributed by atoms with Gasteiger partial charge in [-0.05, 0) is 67.3 Å². The molecule has 4 N–H and O–H groups in total. The van der Waals surface area contributed by atoms with Crippen LogP contribution in [0.4, 0.5) is 0 Å². The molecule has 4 atom stereocenters. The number of carbonyl (C=O) groups excluding carboxylic acids is 3. The van der Waals surface area contributed by atoms with E-state index < -0.39 is 30.1 Å². The lowest BCUT2D eigenvalue weighted by Gasteiger charge is -2.34. The number of aryl methyl sites for hydroxylation is 1. The number of carbonyl (C=O) groups is 3. The van der Waals surface area contributed by atoms with Crippen LogP contribution in [0.2, 0.25) is 0 Å². The molecule has 8 heteroatoms. The fourth-order valence-corrected chi connectivity index (χ4v) is 5.32. The maximum absolute atomic E-state index is 13.5. The summed E-state index contributed by atoms with van der Waals surface area (Å²) in [6.45, 7) is 15.0. The second kappa shape index (κ2) is 17.0. The summed E-state index contributed by atoms with van der Waals surface area (Å²) >= 11 is 0. The van der Waals surface area contributed by atoms with Crippen molar-refractivity contribution in [1.29, 1.82) is 0 Å². The van der Waals surface area contributed by atoms with Crippen molar-refractivity contribution in [2.45, 2.75) is 92.5 Å². The molecule has 0 aliphatic carbocycles. The van der Waals surface area contributed by atoms with Crippen LogP contribution >= 0.6 is 0 Å².